The molecule has 1 atom stereocenters. The van der Waals surface area contributed by atoms with Crippen molar-refractivity contribution in [3.05, 3.63) is 76.9 Å². The van der Waals surface area contributed by atoms with Gasteiger partial charge in [-0.2, -0.15) is 0 Å². The van der Waals surface area contributed by atoms with E-state index in [-0.39, 0.29) is 28.4 Å². The fraction of sp³-hybridized carbons (Fsp3) is 0.200. The van der Waals surface area contributed by atoms with Crippen molar-refractivity contribution in [3.63, 3.8) is 0 Å². The van der Waals surface area contributed by atoms with E-state index in [1.54, 1.807) is 67.8 Å². The van der Waals surface area contributed by atoms with Gasteiger partial charge in [0.2, 0.25) is 0 Å². The molecule has 3 aromatic carbocycles. The van der Waals surface area contributed by atoms with Crippen LogP contribution in [0.15, 0.2) is 59.5 Å². The maximum atomic E-state index is 13.5. The molecule has 0 aliphatic heterocycles. The van der Waals surface area contributed by atoms with Gasteiger partial charge in [-0.15, -0.1) is 0 Å². The summed E-state index contributed by atoms with van der Waals surface area (Å²) >= 11 is 0. The van der Waals surface area contributed by atoms with Crippen LogP contribution in [-0.2, 0) is 9.93 Å². The third-order valence-corrected chi connectivity index (χ3v) is 8.46. The summed E-state index contributed by atoms with van der Waals surface area (Å²) in [7, 11) is -2.86. The molecule has 5 N–H and O–H groups in total. The topological polar surface area (TPSA) is 122 Å². The highest BCUT2D eigenvalue weighted by atomic mass is 32.2. The van der Waals surface area contributed by atoms with Crippen molar-refractivity contribution in [3.8, 4) is 0 Å². The zero-order valence-corrected chi connectivity index (χ0v) is 19.6. The van der Waals surface area contributed by atoms with E-state index in [2.05, 4.69) is 10.6 Å². The van der Waals surface area contributed by atoms with Crippen LogP contribution < -0.4 is 16.4 Å². The molecule has 0 amide bonds. The van der Waals surface area contributed by atoms with E-state index >= 15 is 0 Å². The van der Waals surface area contributed by atoms with Gasteiger partial charge in [0.1, 0.15) is 6.23 Å². The molecule has 0 aromatic heterocycles. The lowest BCUT2D eigenvalue weighted by Gasteiger charge is -2.27. The van der Waals surface area contributed by atoms with Gasteiger partial charge >= 0.3 is 0 Å². The van der Waals surface area contributed by atoms with Crippen LogP contribution in [0.3, 0.4) is 0 Å². The normalized spacial score (nSPS) is 14.3. The lowest BCUT2D eigenvalue weighted by atomic mass is 9.82. The second-order valence-electron chi connectivity index (χ2n) is 8.25. The lowest BCUT2D eigenvalue weighted by Crippen LogP contribution is -2.26. The fourth-order valence-corrected chi connectivity index (χ4v) is 5.38. The molecule has 0 saturated heterocycles. The first-order valence-electron chi connectivity index (χ1n) is 10.7. The Morgan fingerprint density at radius 1 is 0.970 bits per heavy atom. The highest BCUT2D eigenvalue weighted by Gasteiger charge is 2.35. The Morgan fingerprint density at radius 3 is 2.06 bits per heavy atom. The van der Waals surface area contributed by atoms with Crippen LogP contribution in [0.25, 0.3) is 0 Å². The van der Waals surface area contributed by atoms with Crippen LogP contribution in [0.1, 0.15) is 45.7 Å². The minimum absolute atomic E-state index is 0.0987. The van der Waals surface area contributed by atoms with E-state index in [4.69, 9.17) is 5.73 Å². The maximum absolute atomic E-state index is 13.5. The summed E-state index contributed by atoms with van der Waals surface area (Å²) in [5.74, 6) is -0.292. The van der Waals surface area contributed by atoms with E-state index in [0.29, 0.717) is 33.2 Å². The zero-order valence-electron chi connectivity index (χ0n) is 18.7. The first-order chi connectivity index (χ1) is 15.6. The first kappa shape index (κ1) is 22.7. The third kappa shape index (κ3) is 4.03. The van der Waals surface area contributed by atoms with Gasteiger partial charge in [0.25, 0.3) is 0 Å². The lowest BCUT2D eigenvalue weighted by molar-refractivity contribution is 0.0980. The predicted octanol–water partition coefficient (Wildman–Crippen LogP) is 3.56. The van der Waals surface area contributed by atoms with Gasteiger partial charge in [-0.3, -0.25) is 13.8 Å². The quantitative estimate of drug-likeness (QED) is 0.168. The molecule has 1 unspecified atom stereocenters. The number of carbonyl (C=O) groups is 2. The summed E-state index contributed by atoms with van der Waals surface area (Å²) in [5.41, 5.74) is 9.16. The van der Waals surface area contributed by atoms with Crippen LogP contribution in [0, 0.1) is 0 Å². The van der Waals surface area contributed by atoms with Gasteiger partial charge in [-0.25, -0.2) is 0 Å². The standard InChI is InChI=1S/C25H27N3O4S/c1-4-33(3,32)20-13-19(28-16-11-9-15(10-12-16)27-14(2)29)21-22(23(20)26)25(31)18-8-6-5-7-17(18)24(21)30/h5-14,27-29,33H,4,26H2,1-3H3. The Hall–Kier alpha value is -3.49. The number of aliphatic hydroxyl groups excluding tert-OH is 1. The molecule has 4 rings (SSSR count). The molecule has 0 radical (unpaired) electrons. The number of nitrogens with two attached hydrogens (primary N) is 1. The van der Waals surface area contributed by atoms with Crippen molar-refractivity contribution < 1.29 is 18.9 Å². The van der Waals surface area contributed by atoms with Crippen molar-refractivity contribution in [2.45, 2.75) is 25.0 Å². The van der Waals surface area contributed by atoms with Crippen molar-refractivity contribution in [2.75, 3.05) is 28.4 Å². The van der Waals surface area contributed by atoms with Gasteiger partial charge in [-0.05, 0) is 43.5 Å². The molecule has 0 heterocycles. The Bertz CT molecular complexity index is 1320. The average Bonchev–Trinajstić information content (AvgIpc) is 2.79. The largest absolute Gasteiger partial charge is 0.397 e. The van der Waals surface area contributed by atoms with Crippen LogP contribution in [-0.4, -0.2) is 39.1 Å². The predicted molar refractivity (Wildman–Crippen MR) is 133 cm³/mol. The van der Waals surface area contributed by atoms with Crippen molar-refractivity contribution in [1.29, 1.82) is 0 Å². The number of carbonyl (C=O) groups excluding carboxylic acids is 2. The Kier molecular flexibility index (Phi) is 5.82. The molecule has 0 bridgehead atoms. The highest BCUT2D eigenvalue weighted by molar-refractivity contribution is 8.02. The number of anilines is 4. The van der Waals surface area contributed by atoms with Crippen LogP contribution in [0.4, 0.5) is 22.7 Å². The number of thiol groups is 1. The molecule has 0 saturated carbocycles. The Labute approximate surface area is 193 Å². The summed E-state index contributed by atoms with van der Waals surface area (Å²) in [4.78, 5) is 27.3. The van der Waals surface area contributed by atoms with Crippen molar-refractivity contribution in [2.24, 2.45) is 0 Å². The molecule has 33 heavy (non-hydrogen) atoms. The Balaban J connectivity index is 1.90. The van der Waals surface area contributed by atoms with Crippen LogP contribution in [0.5, 0.6) is 0 Å². The zero-order chi connectivity index (χ0) is 23.9. The smallest absolute Gasteiger partial charge is 0.196 e. The summed E-state index contributed by atoms with van der Waals surface area (Å²) in [6.45, 7) is 3.43. The second-order valence-corrected chi connectivity index (χ2v) is 11.6. The number of benzene rings is 3. The van der Waals surface area contributed by atoms with E-state index in [9.17, 15) is 18.9 Å². The molecule has 8 heteroatoms. The van der Waals surface area contributed by atoms with Crippen molar-refractivity contribution in [1.82, 2.24) is 0 Å². The summed E-state index contributed by atoms with van der Waals surface area (Å²) in [6, 6.07) is 15.4. The molecule has 0 fully saturated rings. The van der Waals surface area contributed by atoms with Gasteiger partial charge in [0.15, 0.2) is 11.6 Å². The second kappa shape index (κ2) is 8.46. The van der Waals surface area contributed by atoms with E-state index in [0.717, 1.165) is 5.69 Å². The molecular weight excluding hydrogens is 438 g/mol. The van der Waals surface area contributed by atoms with E-state index in [1.807, 2.05) is 6.92 Å². The van der Waals surface area contributed by atoms with Crippen molar-refractivity contribution >= 4 is 44.2 Å². The number of ketones is 2. The number of nitrogens with one attached hydrogen (secondary N) is 2. The average molecular weight is 466 g/mol. The molecule has 3 aromatic rings. The monoisotopic (exact) mass is 465 g/mol. The van der Waals surface area contributed by atoms with Gasteiger partial charge in [-0.1, -0.05) is 41.1 Å². The van der Waals surface area contributed by atoms with E-state index in [1.165, 1.54) is 0 Å². The molecule has 1 aliphatic rings. The number of rotatable bonds is 6. The number of nitrogen functional groups attached to an aromatic ring is 1. The fourth-order valence-electron chi connectivity index (χ4n) is 4.01. The minimum atomic E-state index is -2.86. The first-order valence-corrected chi connectivity index (χ1v) is 13.0. The molecule has 172 valence electrons. The molecule has 7 nitrogen and oxygen atoms in total. The SMILES string of the molecule is CC[SH](C)(=O)c1cc(Nc2ccc(NC(C)O)cc2)c2c(c1N)C(=O)c1ccccc1C2=O. The summed E-state index contributed by atoms with van der Waals surface area (Å²) in [5, 5.41) is 15.6. The number of fused-ring (bicyclic) bond motifs is 2. The molecule has 0 spiro atoms. The van der Waals surface area contributed by atoms with Crippen LogP contribution >= 0.6 is 0 Å². The molecular formula is C25H27N3O4S. The van der Waals surface area contributed by atoms with Gasteiger partial charge in [0, 0.05) is 33.2 Å². The van der Waals surface area contributed by atoms with Gasteiger partial charge < -0.3 is 21.5 Å². The summed E-state index contributed by atoms with van der Waals surface area (Å²) in [6.07, 6.45) is 0.931. The van der Waals surface area contributed by atoms with Crippen LogP contribution in [0.2, 0.25) is 0 Å². The van der Waals surface area contributed by atoms with E-state index < -0.39 is 16.2 Å². The number of aliphatic hydroxyl groups is 1. The highest BCUT2D eigenvalue weighted by Crippen LogP contribution is 2.41. The number of hydrogen-bond acceptors (Lipinski definition) is 7. The third-order valence-electron chi connectivity index (χ3n) is 5.87. The molecule has 1 aliphatic carbocycles. The Morgan fingerprint density at radius 2 is 1.52 bits per heavy atom. The maximum Gasteiger partial charge on any atom is 0.196 e. The van der Waals surface area contributed by atoms with Gasteiger partial charge in [0.05, 0.1) is 22.5 Å². The minimum Gasteiger partial charge on any atom is -0.397 e. The summed E-state index contributed by atoms with van der Waals surface area (Å²) < 4.78 is 13.3. The number of hydrogen-bond donors (Lipinski definition) is 5.